The molecule has 1 N–H and O–H groups in total. The lowest BCUT2D eigenvalue weighted by Crippen LogP contribution is -2.50. The summed E-state index contributed by atoms with van der Waals surface area (Å²) in [5, 5.41) is 7.66. The highest BCUT2D eigenvalue weighted by Gasteiger charge is 2.30. The molecule has 0 spiro atoms. The van der Waals surface area contributed by atoms with Crippen molar-refractivity contribution in [2.24, 2.45) is 0 Å². The zero-order valence-electron chi connectivity index (χ0n) is 15.2. The Labute approximate surface area is 161 Å². The van der Waals surface area contributed by atoms with Gasteiger partial charge in [-0.3, -0.25) is 14.6 Å². The smallest absolute Gasteiger partial charge is 0.229 e. The number of morpholine rings is 1. The van der Waals surface area contributed by atoms with E-state index in [0.717, 1.165) is 5.39 Å². The molecule has 1 atom stereocenters. The molecule has 1 aliphatic heterocycles. The fraction of sp³-hybridized carbons (Fsp3) is 0.300. The van der Waals surface area contributed by atoms with Crippen LogP contribution >= 0.6 is 0 Å². The van der Waals surface area contributed by atoms with E-state index in [4.69, 9.17) is 9.26 Å². The molecule has 0 aliphatic carbocycles. The molecule has 0 bridgehead atoms. The summed E-state index contributed by atoms with van der Waals surface area (Å²) in [6.07, 6.45) is 3.49. The third-order valence-corrected chi connectivity index (χ3v) is 4.69. The molecular formula is C20H20N4O4. The maximum Gasteiger partial charge on any atom is 0.229 e. The first-order valence-electron chi connectivity index (χ1n) is 9.11. The molecule has 1 aromatic carbocycles. The van der Waals surface area contributed by atoms with Gasteiger partial charge < -0.3 is 19.5 Å². The van der Waals surface area contributed by atoms with Crippen LogP contribution < -0.4 is 5.32 Å². The van der Waals surface area contributed by atoms with Crippen LogP contribution in [0.5, 0.6) is 0 Å². The fourth-order valence-electron chi connectivity index (χ4n) is 3.33. The number of para-hydroxylation sites is 1. The lowest BCUT2D eigenvalue weighted by atomic mass is 10.1. The minimum Gasteiger partial charge on any atom is -0.377 e. The summed E-state index contributed by atoms with van der Waals surface area (Å²) in [5.41, 5.74) is 1.88. The molecule has 2 aromatic heterocycles. The van der Waals surface area contributed by atoms with Crippen LogP contribution in [0.1, 0.15) is 12.1 Å². The number of hydrogen-bond donors (Lipinski definition) is 1. The molecule has 3 aromatic rings. The number of nitrogens with zero attached hydrogens (tertiary/aromatic N) is 3. The van der Waals surface area contributed by atoms with Crippen molar-refractivity contribution in [3.63, 3.8) is 0 Å². The van der Waals surface area contributed by atoms with Gasteiger partial charge in [-0.25, -0.2) is 0 Å². The number of carbonyl (C=O) groups excluding carboxylic acids is 2. The second-order valence-electron chi connectivity index (χ2n) is 6.61. The van der Waals surface area contributed by atoms with E-state index in [1.807, 2.05) is 24.3 Å². The SMILES string of the molecule is O=C(C[C@@H]1COCCN1C(=O)Cc1noc2ccccc12)Nc1cccnc1. The predicted octanol–water partition coefficient (Wildman–Crippen LogP) is 2.02. The first-order valence-corrected chi connectivity index (χ1v) is 9.11. The highest BCUT2D eigenvalue weighted by atomic mass is 16.5. The van der Waals surface area contributed by atoms with E-state index in [0.29, 0.717) is 36.7 Å². The predicted molar refractivity (Wildman–Crippen MR) is 102 cm³/mol. The minimum absolute atomic E-state index is 0.0958. The molecule has 8 nitrogen and oxygen atoms in total. The van der Waals surface area contributed by atoms with Crippen LogP contribution in [0.2, 0.25) is 0 Å². The van der Waals surface area contributed by atoms with E-state index in [1.165, 1.54) is 0 Å². The summed E-state index contributed by atoms with van der Waals surface area (Å²) in [6, 6.07) is 10.6. The number of amides is 2. The van der Waals surface area contributed by atoms with E-state index in [9.17, 15) is 9.59 Å². The highest BCUT2D eigenvalue weighted by molar-refractivity contribution is 5.91. The Morgan fingerprint density at radius 1 is 1.21 bits per heavy atom. The Balaban J connectivity index is 1.42. The average molecular weight is 380 g/mol. The van der Waals surface area contributed by atoms with Crippen molar-refractivity contribution in [3.8, 4) is 0 Å². The largest absolute Gasteiger partial charge is 0.377 e. The molecule has 8 heteroatoms. The number of benzene rings is 1. The Morgan fingerprint density at radius 2 is 2.11 bits per heavy atom. The molecule has 2 amide bonds. The monoisotopic (exact) mass is 380 g/mol. The number of anilines is 1. The van der Waals surface area contributed by atoms with E-state index in [-0.39, 0.29) is 30.7 Å². The van der Waals surface area contributed by atoms with Gasteiger partial charge in [0, 0.05) is 24.5 Å². The Hall–Kier alpha value is -3.26. The van der Waals surface area contributed by atoms with Crippen LogP contribution in [0, 0.1) is 0 Å². The quantitative estimate of drug-likeness (QED) is 0.727. The Bertz CT molecular complexity index is 973. The number of aromatic nitrogens is 2. The van der Waals surface area contributed by atoms with E-state index in [1.54, 1.807) is 29.4 Å². The summed E-state index contributed by atoms with van der Waals surface area (Å²) < 4.78 is 10.8. The van der Waals surface area contributed by atoms with Gasteiger partial charge in [0.1, 0.15) is 5.69 Å². The maximum atomic E-state index is 12.9. The first kappa shape index (κ1) is 18.1. The lowest BCUT2D eigenvalue weighted by Gasteiger charge is -2.35. The number of carbonyl (C=O) groups is 2. The Kier molecular flexibility index (Phi) is 5.29. The molecule has 3 heterocycles. The summed E-state index contributed by atoms with van der Waals surface area (Å²) in [6.45, 7) is 1.22. The lowest BCUT2D eigenvalue weighted by molar-refractivity contribution is -0.140. The van der Waals surface area contributed by atoms with Crippen LogP contribution in [-0.2, 0) is 20.7 Å². The van der Waals surface area contributed by atoms with Crippen molar-refractivity contribution in [2.45, 2.75) is 18.9 Å². The molecule has 28 heavy (non-hydrogen) atoms. The number of hydrogen-bond acceptors (Lipinski definition) is 6. The molecular weight excluding hydrogens is 360 g/mol. The van der Waals surface area contributed by atoms with Crippen LogP contribution in [0.15, 0.2) is 53.3 Å². The number of ether oxygens (including phenoxy) is 1. The van der Waals surface area contributed by atoms with Crippen LogP contribution in [0.25, 0.3) is 11.0 Å². The van der Waals surface area contributed by atoms with Crippen LogP contribution in [0.4, 0.5) is 5.69 Å². The van der Waals surface area contributed by atoms with Gasteiger partial charge in [-0.15, -0.1) is 0 Å². The normalized spacial score (nSPS) is 16.9. The standard InChI is InChI=1S/C20H20N4O4/c25-19(22-14-4-3-7-21-12-14)10-15-13-27-9-8-24(15)20(26)11-17-16-5-1-2-6-18(16)28-23-17/h1-7,12,15H,8-11,13H2,(H,22,25)/t15-/m1/s1. The molecule has 144 valence electrons. The molecule has 0 unspecified atom stereocenters. The first-order chi connectivity index (χ1) is 13.7. The molecule has 1 fully saturated rings. The van der Waals surface area contributed by atoms with Crippen molar-refractivity contribution in [3.05, 3.63) is 54.5 Å². The van der Waals surface area contributed by atoms with Gasteiger partial charge in [0.25, 0.3) is 0 Å². The summed E-state index contributed by atoms with van der Waals surface area (Å²) >= 11 is 0. The van der Waals surface area contributed by atoms with Gasteiger partial charge in [0.2, 0.25) is 11.8 Å². The summed E-state index contributed by atoms with van der Waals surface area (Å²) in [4.78, 5) is 31.0. The van der Waals surface area contributed by atoms with E-state index >= 15 is 0 Å². The number of pyridine rings is 1. The van der Waals surface area contributed by atoms with Crippen LogP contribution in [0.3, 0.4) is 0 Å². The average Bonchev–Trinajstić information content (AvgIpc) is 3.12. The van der Waals surface area contributed by atoms with E-state index in [2.05, 4.69) is 15.5 Å². The van der Waals surface area contributed by atoms with Crippen molar-refractivity contribution in [1.82, 2.24) is 15.0 Å². The number of rotatable bonds is 5. The topological polar surface area (TPSA) is 97.6 Å². The third-order valence-electron chi connectivity index (χ3n) is 4.69. The summed E-state index contributed by atoms with van der Waals surface area (Å²) in [5.74, 6) is -0.283. The third kappa shape index (κ3) is 4.01. The molecule has 1 aliphatic rings. The van der Waals surface area contributed by atoms with Crippen molar-refractivity contribution in [1.29, 1.82) is 0 Å². The highest BCUT2D eigenvalue weighted by Crippen LogP contribution is 2.20. The maximum absolute atomic E-state index is 12.9. The van der Waals surface area contributed by atoms with Crippen molar-refractivity contribution in [2.75, 3.05) is 25.1 Å². The van der Waals surface area contributed by atoms with E-state index < -0.39 is 0 Å². The summed E-state index contributed by atoms with van der Waals surface area (Å²) in [7, 11) is 0. The number of nitrogens with one attached hydrogen (secondary N) is 1. The minimum atomic E-state index is -0.323. The molecule has 0 saturated carbocycles. The van der Waals surface area contributed by atoms with Gasteiger partial charge in [-0.1, -0.05) is 17.3 Å². The zero-order chi connectivity index (χ0) is 19.3. The fourth-order valence-corrected chi connectivity index (χ4v) is 3.33. The van der Waals surface area contributed by atoms with Crippen LogP contribution in [-0.4, -0.2) is 52.7 Å². The van der Waals surface area contributed by atoms with Gasteiger partial charge in [-0.05, 0) is 24.3 Å². The second-order valence-corrected chi connectivity index (χ2v) is 6.61. The van der Waals surface area contributed by atoms with Gasteiger partial charge >= 0.3 is 0 Å². The van der Waals surface area contributed by atoms with Crippen molar-refractivity contribution < 1.29 is 18.8 Å². The Morgan fingerprint density at radius 3 is 2.96 bits per heavy atom. The molecule has 4 rings (SSSR count). The number of fused-ring (bicyclic) bond motifs is 1. The molecule has 1 saturated heterocycles. The van der Waals surface area contributed by atoms with Gasteiger partial charge in [0.15, 0.2) is 5.58 Å². The van der Waals surface area contributed by atoms with Gasteiger partial charge in [-0.2, -0.15) is 0 Å². The molecule has 0 radical (unpaired) electrons. The zero-order valence-corrected chi connectivity index (χ0v) is 15.2. The van der Waals surface area contributed by atoms with Crippen molar-refractivity contribution >= 4 is 28.5 Å². The van der Waals surface area contributed by atoms with Gasteiger partial charge in [0.05, 0.1) is 37.6 Å². The second kappa shape index (κ2) is 8.18.